The summed E-state index contributed by atoms with van der Waals surface area (Å²) in [5, 5.41) is 5.83. The summed E-state index contributed by atoms with van der Waals surface area (Å²) in [5.41, 5.74) is 4.47. The van der Waals surface area contributed by atoms with E-state index in [0.29, 0.717) is 11.6 Å². The molecule has 1 aliphatic rings. The largest absolute Gasteiger partial charge is 0.345 e. The second-order valence-electron chi connectivity index (χ2n) is 10.5. The molecule has 1 aliphatic carbocycles. The molecular formula is C32H35FN2O3. The lowest BCUT2D eigenvalue weighted by Crippen LogP contribution is -2.38. The Hall–Kier alpha value is -3.80. The van der Waals surface area contributed by atoms with Crippen LogP contribution in [0.4, 0.5) is 10.1 Å². The normalized spacial score (nSPS) is 19.7. The van der Waals surface area contributed by atoms with E-state index in [1.165, 1.54) is 12.5 Å². The lowest BCUT2D eigenvalue weighted by Gasteiger charge is -2.24. The summed E-state index contributed by atoms with van der Waals surface area (Å²) in [6.07, 6.45) is -0.986. The van der Waals surface area contributed by atoms with Crippen molar-refractivity contribution in [3.05, 3.63) is 101 Å². The van der Waals surface area contributed by atoms with Crippen LogP contribution in [0.1, 0.15) is 67.8 Å². The Morgan fingerprint density at radius 1 is 0.816 bits per heavy atom. The standard InChI is InChI=1S/C32H35FN2O3/c1-20(2)23-11-13-25(14-12-23)31(24-7-5-4-6-8-24)35-32(38)29-19-26(33)18-28(29)30(37)17-22-9-15-27(16-10-22)34-21(3)36/h4-16,20,26,28-29,31H,17-19H2,1-3H3,(H,34,36)(H,35,38)/t26-,28?,29+,31-/m0/s1. The molecule has 0 aliphatic heterocycles. The number of hydrogen-bond acceptors (Lipinski definition) is 3. The van der Waals surface area contributed by atoms with Gasteiger partial charge in [0.1, 0.15) is 12.0 Å². The van der Waals surface area contributed by atoms with Gasteiger partial charge in [0.25, 0.3) is 0 Å². The summed E-state index contributed by atoms with van der Waals surface area (Å²) in [4.78, 5) is 38.1. The third-order valence-corrected chi connectivity index (χ3v) is 7.26. The van der Waals surface area contributed by atoms with Gasteiger partial charge in [-0.15, -0.1) is 0 Å². The minimum Gasteiger partial charge on any atom is -0.345 e. The van der Waals surface area contributed by atoms with Gasteiger partial charge >= 0.3 is 0 Å². The third-order valence-electron chi connectivity index (χ3n) is 7.26. The van der Waals surface area contributed by atoms with Gasteiger partial charge < -0.3 is 10.6 Å². The molecule has 1 saturated carbocycles. The van der Waals surface area contributed by atoms with Crippen molar-refractivity contribution < 1.29 is 18.8 Å². The first-order valence-electron chi connectivity index (χ1n) is 13.2. The van der Waals surface area contributed by atoms with Crippen LogP contribution in [0.3, 0.4) is 0 Å². The second kappa shape index (κ2) is 12.2. The zero-order valence-corrected chi connectivity index (χ0v) is 22.1. The van der Waals surface area contributed by atoms with Crippen LogP contribution in [0, 0.1) is 11.8 Å². The van der Waals surface area contributed by atoms with E-state index in [9.17, 15) is 18.8 Å². The zero-order valence-electron chi connectivity index (χ0n) is 22.1. The number of Topliss-reactive ketones (excluding diaryl/α,β-unsaturated/α-hetero) is 1. The number of rotatable bonds is 9. The average molecular weight is 515 g/mol. The van der Waals surface area contributed by atoms with Gasteiger partial charge in [-0.2, -0.15) is 0 Å². The molecule has 38 heavy (non-hydrogen) atoms. The van der Waals surface area contributed by atoms with Crippen LogP contribution in [0.2, 0.25) is 0 Å². The van der Waals surface area contributed by atoms with Crippen LogP contribution in [0.15, 0.2) is 78.9 Å². The van der Waals surface area contributed by atoms with Crippen molar-refractivity contribution in [1.82, 2.24) is 5.32 Å². The topological polar surface area (TPSA) is 75.3 Å². The molecule has 4 atom stereocenters. The average Bonchev–Trinajstić information content (AvgIpc) is 3.30. The Kier molecular flexibility index (Phi) is 8.72. The van der Waals surface area contributed by atoms with Gasteiger partial charge in [-0.1, -0.05) is 80.6 Å². The Labute approximate surface area is 223 Å². The van der Waals surface area contributed by atoms with E-state index in [2.05, 4.69) is 36.6 Å². The first kappa shape index (κ1) is 27.2. The molecule has 3 aromatic rings. The molecule has 0 heterocycles. The molecular weight excluding hydrogens is 479 g/mol. The number of amides is 2. The van der Waals surface area contributed by atoms with Gasteiger partial charge in [0.15, 0.2) is 0 Å². The van der Waals surface area contributed by atoms with Crippen LogP contribution >= 0.6 is 0 Å². The summed E-state index contributed by atoms with van der Waals surface area (Å²) in [5.74, 6) is -1.63. The molecule has 0 aromatic heterocycles. The van der Waals surface area contributed by atoms with Crippen molar-refractivity contribution in [3.8, 4) is 0 Å². The quantitative estimate of drug-likeness (QED) is 0.360. The maximum Gasteiger partial charge on any atom is 0.224 e. The van der Waals surface area contributed by atoms with E-state index >= 15 is 0 Å². The van der Waals surface area contributed by atoms with Gasteiger partial charge in [0.2, 0.25) is 11.8 Å². The number of ketones is 1. The monoisotopic (exact) mass is 514 g/mol. The summed E-state index contributed by atoms with van der Waals surface area (Å²) < 4.78 is 14.6. The van der Waals surface area contributed by atoms with Crippen LogP contribution in [0.5, 0.6) is 0 Å². The molecule has 1 unspecified atom stereocenters. The van der Waals surface area contributed by atoms with Crippen LogP contribution in [-0.4, -0.2) is 23.8 Å². The second-order valence-corrected chi connectivity index (χ2v) is 10.5. The van der Waals surface area contributed by atoms with Crippen molar-refractivity contribution in [2.45, 2.75) is 58.2 Å². The Balaban J connectivity index is 1.51. The zero-order chi connectivity index (χ0) is 27.2. The highest BCUT2D eigenvalue weighted by Crippen LogP contribution is 2.37. The van der Waals surface area contributed by atoms with E-state index in [1.54, 1.807) is 24.3 Å². The van der Waals surface area contributed by atoms with E-state index in [1.807, 2.05) is 42.5 Å². The van der Waals surface area contributed by atoms with Crippen molar-refractivity contribution in [1.29, 1.82) is 0 Å². The maximum absolute atomic E-state index is 14.6. The van der Waals surface area contributed by atoms with Crippen molar-refractivity contribution >= 4 is 23.3 Å². The van der Waals surface area contributed by atoms with E-state index in [-0.39, 0.29) is 36.9 Å². The first-order chi connectivity index (χ1) is 18.2. The predicted molar refractivity (Wildman–Crippen MR) is 148 cm³/mol. The highest BCUT2D eigenvalue weighted by molar-refractivity contribution is 5.91. The molecule has 0 bridgehead atoms. The first-order valence-corrected chi connectivity index (χ1v) is 13.2. The van der Waals surface area contributed by atoms with Crippen LogP contribution in [-0.2, 0) is 20.8 Å². The fraction of sp³-hybridized carbons (Fsp3) is 0.344. The molecule has 2 N–H and O–H groups in total. The molecule has 4 rings (SSSR count). The molecule has 5 nitrogen and oxygen atoms in total. The summed E-state index contributed by atoms with van der Waals surface area (Å²) in [6.45, 7) is 5.69. The van der Waals surface area contributed by atoms with Crippen molar-refractivity contribution in [2.24, 2.45) is 11.8 Å². The molecule has 3 aromatic carbocycles. The minimum absolute atomic E-state index is 0.0392. The van der Waals surface area contributed by atoms with Crippen LogP contribution in [0.25, 0.3) is 0 Å². The summed E-state index contributed by atoms with van der Waals surface area (Å²) in [6, 6.07) is 24.5. The van der Waals surface area contributed by atoms with E-state index in [4.69, 9.17) is 0 Å². The highest BCUT2D eigenvalue weighted by Gasteiger charge is 2.43. The number of halogens is 1. The van der Waals surface area contributed by atoms with E-state index in [0.717, 1.165) is 16.7 Å². The Bertz CT molecular complexity index is 1260. The molecule has 0 spiro atoms. The number of carbonyl (C=O) groups is 3. The van der Waals surface area contributed by atoms with Crippen molar-refractivity contribution in [3.63, 3.8) is 0 Å². The molecule has 1 fully saturated rings. The van der Waals surface area contributed by atoms with Gasteiger partial charge in [-0.25, -0.2) is 4.39 Å². The third kappa shape index (κ3) is 6.74. The minimum atomic E-state index is -1.19. The number of anilines is 1. The summed E-state index contributed by atoms with van der Waals surface area (Å²) in [7, 11) is 0. The number of hydrogen-bond donors (Lipinski definition) is 2. The lowest BCUT2D eigenvalue weighted by atomic mass is 9.87. The smallest absolute Gasteiger partial charge is 0.224 e. The molecule has 6 heteroatoms. The SMILES string of the molecule is CC(=O)Nc1ccc(CC(=O)C2C[C@H](F)C[C@H]2C(=O)N[C@@H](c2ccccc2)c2ccc(C(C)C)cc2)cc1. The van der Waals surface area contributed by atoms with Crippen molar-refractivity contribution in [2.75, 3.05) is 5.32 Å². The van der Waals surface area contributed by atoms with Gasteiger partial charge in [0.05, 0.1) is 12.0 Å². The Morgan fingerprint density at radius 3 is 2.00 bits per heavy atom. The number of nitrogens with one attached hydrogen (secondary N) is 2. The fourth-order valence-corrected chi connectivity index (χ4v) is 5.19. The fourth-order valence-electron chi connectivity index (χ4n) is 5.19. The number of carbonyl (C=O) groups excluding carboxylic acids is 3. The summed E-state index contributed by atoms with van der Waals surface area (Å²) >= 11 is 0. The maximum atomic E-state index is 14.6. The lowest BCUT2D eigenvalue weighted by molar-refractivity contribution is -0.132. The van der Waals surface area contributed by atoms with Gasteiger partial charge in [0, 0.05) is 24.9 Å². The molecule has 0 saturated heterocycles. The highest BCUT2D eigenvalue weighted by atomic mass is 19.1. The van der Waals surface area contributed by atoms with Gasteiger partial charge in [-0.05, 0) is 53.1 Å². The molecule has 0 radical (unpaired) electrons. The molecule has 2 amide bonds. The number of alkyl halides is 1. The van der Waals surface area contributed by atoms with Gasteiger partial charge in [-0.3, -0.25) is 14.4 Å². The number of benzene rings is 3. The molecule has 198 valence electrons. The Morgan fingerprint density at radius 2 is 1.39 bits per heavy atom. The van der Waals surface area contributed by atoms with Crippen LogP contribution < -0.4 is 10.6 Å². The van der Waals surface area contributed by atoms with E-state index < -0.39 is 24.0 Å². The predicted octanol–water partition coefficient (Wildman–Crippen LogP) is 6.15.